The molecule has 0 saturated heterocycles. The summed E-state index contributed by atoms with van der Waals surface area (Å²) in [7, 11) is 0. The molecule has 21 heavy (non-hydrogen) atoms. The van der Waals surface area contributed by atoms with Crippen molar-refractivity contribution >= 4 is 28.5 Å². The quantitative estimate of drug-likeness (QED) is 0.627. The van der Waals surface area contributed by atoms with E-state index < -0.39 is 0 Å². The van der Waals surface area contributed by atoms with Gasteiger partial charge < -0.3 is 9.47 Å². The molecule has 1 aliphatic heterocycles. The molecule has 0 bridgehead atoms. The Morgan fingerprint density at radius 1 is 1.38 bits per heavy atom. The maximum absolute atomic E-state index is 11.4. The van der Waals surface area contributed by atoms with Crippen LogP contribution in [0.1, 0.15) is 18.9 Å². The first kappa shape index (κ1) is 14.2. The minimum Gasteiger partial charge on any atom is -0.477 e. The third kappa shape index (κ3) is 2.97. The Labute approximate surface area is 127 Å². The van der Waals surface area contributed by atoms with Crippen LogP contribution in [0.5, 0.6) is 5.88 Å². The number of esters is 1. The first-order valence-corrected chi connectivity index (χ1v) is 8.11. The molecule has 0 saturated carbocycles. The number of hydrogen-bond acceptors (Lipinski definition) is 5. The van der Waals surface area contributed by atoms with Gasteiger partial charge in [-0.05, 0) is 12.3 Å². The average Bonchev–Trinajstić information content (AvgIpc) is 2.96. The van der Waals surface area contributed by atoms with Crippen molar-refractivity contribution in [1.82, 2.24) is 4.98 Å². The second-order valence-electron chi connectivity index (χ2n) is 4.75. The highest BCUT2D eigenvalue weighted by atomic mass is 32.2. The Hall–Kier alpha value is -1.75. The van der Waals surface area contributed by atoms with Crippen LogP contribution < -0.4 is 4.74 Å². The van der Waals surface area contributed by atoms with Crippen molar-refractivity contribution in [3.63, 3.8) is 0 Å². The standard InChI is InChI=1S/C16H17NO3S/c1-2-19-14(18)8-10-21-16-13-6-4-3-5-11(13)12-7-9-20-15(12)17-16/h3-6H,2,7-10H2,1H3. The van der Waals surface area contributed by atoms with E-state index in [1.165, 1.54) is 10.9 Å². The Kier molecular flexibility index (Phi) is 4.29. The molecule has 0 unspecified atom stereocenters. The summed E-state index contributed by atoms with van der Waals surface area (Å²) in [6.45, 7) is 2.94. The van der Waals surface area contributed by atoms with Crippen molar-refractivity contribution in [3.05, 3.63) is 29.8 Å². The van der Waals surface area contributed by atoms with Gasteiger partial charge in [-0.1, -0.05) is 24.3 Å². The fraction of sp³-hybridized carbons (Fsp3) is 0.375. The van der Waals surface area contributed by atoms with Crippen molar-refractivity contribution in [2.75, 3.05) is 19.0 Å². The smallest absolute Gasteiger partial charge is 0.306 e. The highest BCUT2D eigenvalue weighted by Gasteiger charge is 2.19. The molecule has 2 heterocycles. The molecule has 110 valence electrons. The van der Waals surface area contributed by atoms with E-state index in [1.807, 2.05) is 19.1 Å². The van der Waals surface area contributed by atoms with Crippen molar-refractivity contribution < 1.29 is 14.3 Å². The van der Waals surface area contributed by atoms with Gasteiger partial charge in [-0.25, -0.2) is 4.98 Å². The van der Waals surface area contributed by atoms with Crippen LogP contribution in [0.4, 0.5) is 0 Å². The van der Waals surface area contributed by atoms with Crippen LogP contribution in [-0.2, 0) is 16.0 Å². The summed E-state index contributed by atoms with van der Waals surface area (Å²) in [6, 6.07) is 8.24. The van der Waals surface area contributed by atoms with Gasteiger partial charge in [0, 0.05) is 23.1 Å². The highest BCUT2D eigenvalue weighted by molar-refractivity contribution is 7.99. The van der Waals surface area contributed by atoms with E-state index in [0.29, 0.717) is 25.4 Å². The van der Waals surface area contributed by atoms with Gasteiger partial charge in [0.05, 0.1) is 19.6 Å². The molecule has 5 heteroatoms. The molecule has 0 radical (unpaired) electrons. The number of aromatic nitrogens is 1. The fourth-order valence-electron chi connectivity index (χ4n) is 2.45. The van der Waals surface area contributed by atoms with Gasteiger partial charge in [0.25, 0.3) is 0 Å². The minimum atomic E-state index is -0.160. The average molecular weight is 303 g/mol. The fourth-order valence-corrected chi connectivity index (χ4v) is 3.40. The molecule has 0 amide bonds. The molecular formula is C16H17NO3S. The third-order valence-electron chi connectivity index (χ3n) is 3.38. The number of rotatable bonds is 5. The first-order valence-electron chi connectivity index (χ1n) is 7.12. The minimum absolute atomic E-state index is 0.160. The van der Waals surface area contributed by atoms with Crippen LogP contribution in [0.15, 0.2) is 29.3 Å². The predicted molar refractivity (Wildman–Crippen MR) is 82.9 cm³/mol. The summed E-state index contributed by atoms with van der Waals surface area (Å²) >= 11 is 1.58. The maximum Gasteiger partial charge on any atom is 0.306 e. The number of nitrogens with zero attached hydrogens (tertiary/aromatic N) is 1. The van der Waals surface area contributed by atoms with E-state index in [2.05, 4.69) is 17.1 Å². The zero-order chi connectivity index (χ0) is 14.7. The van der Waals surface area contributed by atoms with Gasteiger partial charge >= 0.3 is 5.97 Å². The molecule has 1 aromatic carbocycles. The van der Waals surface area contributed by atoms with E-state index in [0.717, 1.165) is 22.7 Å². The van der Waals surface area contributed by atoms with Crippen molar-refractivity contribution in [2.24, 2.45) is 0 Å². The van der Waals surface area contributed by atoms with Gasteiger partial charge in [-0.2, -0.15) is 0 Å². The monoisotopic (exact) mass is 303 g/mol. The Morgan fingerprint density at radius 3 is 3.00 bits per heavy atom. The van der Waals surface area contributed by atoms with E-state index in [9.17, 15) is 4.79 Å². The van der Waals surface area contributed by atoms with Gasteiger partial charge in [0.2, 0.25) is 5.88 Å². The van der Waals surface area contributed by atoms with Crippen LogP contribution in [-0.4, -0.2) is 29.9 Å². The highest BCUT2D eigenvalue weighted by Crippen LogP contribution is 2.36. The lowest BCUT2D eigenvalue weighted by atomic mass is 10.1. The van der Waals surface area contributed by atoms with Crippen LogP contribution in [0.3, 0.4) is 0 Å². The van der Waals surface area contributed by atoms with Gasteiger partial charge in [-0.15, -0.1) is 11.8 Å². The van der Waals surface area contributed by atoms with Gasteiger partial charge in [0.15, 0.2) is 0 Å². The summed E-state index contributed by atoms with van der Waals surface area (Å²) in [6.07, 6.45) is 1.31. The van der Waals surface area contributed by atoms with E-state index in [-0.39, 0.29) is 5.97 Å². The first-order chi connectivity index (χ1) is 10.3. The van der Waals surface area contributed by atoms with E-state index in [4.69, 9.17) is 9.47 Å². The number of benzene rings is 1. The van der Waals surface area contributed by atoms with Crippen molar-refractivity contribution in [1.29, 1.82) is 0 Å². The summed E-state index contributed by atoms with van der Waals surface area (Å²) < 4.78 is 10.5. The summed E-state index contributed by atoms with van der Waals surface area (Å²) in [4.78, 5) is 16.0. The molecule has 0 N–H and O–H groups in total. The molecule has 2 aromatic rings. The third-order valence-corrected chi connectivity index (χ3v) is 4.38. The molecule has 3 rings (SSSR count). The molecule has 0 atom stereocenters. The number of pyridine rings is 1. The summed E-state index contributed by atoms with van der Waals surface area (Å²) in [5.74, 6) is 1.24. The number of carbonyl (C=O) groups is 1. The maximum atomic E-state index is 11.4. The SMILES string of the molecule is CCOC(=O)CCSc1nc2c(c3ccccc13)CCO2. The molecule has 0 fully saturated rings. The zero-order valence-electron chi connectivity index (χ0n) is 11.9. The zero-order valence-corrected chi connectivity index (χ0v) is 12.7. The number of thioether (sulfide) groups is 1. The van der Waals surface area contributed by atoms with Crippen molar-refractivity contribution in [3.8, 4) is 5.88 Å². The molecule has 1 aliphatic rings. The number of fused-ring (bicyclic) bond motifs is 3. The second-order valence-corrected chi connectivity index (χ2v) is 5.83. The molecule has 4 nitrogen and oxygen atoms in total. The summed E-state index contributed by atoms with van der Waals surface area (Å²) in [5.41, 5.74) is 1.19. The van der Waals surface area contributed by atoms with Gasteiger partial charge in [-0.3, -0.25) is 4.79 Å². The number of hydrogen-bond donors (Lipinski definition) is 0. The Morgan fingerprint density at radius 2 is 2.19 bits per heavy atom. The molecule has 1 aromatic heterocycles. The van der Waals surface area contributed by atoms with E-state index in [1.54, 1.807) is 11.8 Å². The Balaban J connectivity index is 1.82. The van der Waals surface area contributed by atoms with Gasteiger partial charge in [0.1, 0.15) is 5.03 Å². The lowest BCUT2D eigenvalue weighted by molar-refractivity contribution is -0.142. The van der Waals surface area contributed by atoms with Crippen LogP contribution in [0.2, 0.25) is 0 Å². The van der Waals surface area contributed by atoms with Crippen LogP contribution >= 0.6 is 11.8 Å². The predicted octanol–water partition coefficient (Wildman–Crippen LogP) is 3.22. The summed E-state index contributed by atoms with van der Waals surface area (Å²) in [5, 5.41) is 3.27. The Bertz CT molecular complexity index is 672. The normalized spacial score (nSPS) is 13.0. The lowest BCUT2D eigenvalue weighted by Crippen LogP contribution is -2.04. The lowest BCUT2D eigenvalue weighted by Gasteiger charge is -2.09. The largest absolute Gasteiger partial charge is 0.477 e. The molecular weight excluding hydrogens is 286 g/mol. The van der Waals surface area contributed by atoms with Crippen LogP contribution in [0.25, 0.3) is 10.8 Å². The second kappa shape index (κ2) is 6.35. The molecule has 0 aliphatic carbocycles. The number of carbonyl (C=O) groups excluding carboxylic acids is 1. The van der Waals surface area contributed by atoms with Crippen LogP contribution in [0, 0.1) is 0 Å². The van der Waals surface area contributed by atoms with Crippen molar-refractivity contribution in [2.45, 2.75) is 24.8 Å². The van der Waals surface area contributed by atoms with E-state index >= 15 is 0 Å². The molecule has 0 spiro atoms. The topological polar surface area (TPSA) is 48.4 Å². The number of ether oxygens (including phenoxy) is 2.